The molecule has 0 radical (unpaired) electrons. The molecule has 11 heavy (non-hydrogen) atoms. The van der Waals surface area contributed by atoms with Gasteiger partial charge in [0.25, 0.3) is 0 Å². The number of hydrogen-bond donors (Lipinski definition) is 1. The van der Waals surface area contributed by atoms with Crippen LogP contribution in [0.2, 0.25) is 0 Å². The summed E-state index contributed by atoms with van der Waals surface area (Å²) in [7, 11) is 0. The van der Waals surface area contributed by atoms with Crippen LogP contribution in [-0.2, 0) is 4.79 Å². The first-order valence-corrected chi connectivity index (χ1v) is 4.18. The molecule has 64 valence electrons. The maximum Gasteiger partial charge on any atom is 0.222 e. The zero-order valence-corrected chi connectivity index (χ0v) is 7.21. The molecule has 2 N–H and O–H groups in total. The number of nitrogens with two attached hydrogens (primary N) is 1. The molecule has 1 fully saturated rings. The van der Waals surface area contributed by atoms with Crippen molar-refractivity contribution in [3.05, 3.63) is 0 Å². The van der Waals surface area contributed by atoms with Crippen molar-refractivity contribution in [3.63, 3.8) is 0 Å². The van der Waals surface area contributed by atoms with E-state index in [1.807, 2.05) is 18.7 Å². The molecule has 3 heteroatoms. The highest BCUT2D eigenvalue weighted by Gasteiger charge is 2.30. The minimum absolute atomic E-state index is 0.149. The number of rotatable bonds is 2. The van der Waals surface area contributed by atoms with Gasteiger partial charge in [-0.1, -0.05) is 0 Å². The Morgan fingerprint density at radius 2 is 2.45 bits per heavy atom. The summed E-state index contributed by atoms with van der Waals surface area (Å²) in [4.78, 5) is 13.1. The van der Waals surface area contributed by atoms with Crippen molar-refractivity contribution in [1.82, 2.24) is 4.90 Å². The summed E-state index contributed by atoms with van der Waals surface area (Å²) in [5.74, 6) is 0.636. The van der Waals surface area contributed by atoms with Crippen LogP contribution in [-0.4, -0.2) is 29.9 Å². The van der Waals surface area contributed by atoms with Crippen LogP contribution >= 0.6 is 0 Å². The number of carbonyl (C=O) groups is 1. The summed E-state index contributed by atoms with van der Waals surface area (Å²) in [6, 6.07) is 0.149. The number of carbonyl (C=O) groups excluding carboxylic acids is 1. The molecule has 2 unspecified atom stereocenters. The molecule has 0 spiro atoms. The van der Waals surface area contributed by atoms with Crippen molar-refractivity contribution in [3.8, 4) is 0 Å². The van der Waals surface area contributed by atoms with Gasteiger partial charge in [0, 0.05) is 31.5 Å². The van der Waals surface area contributed by atoms with Gasteiger partial charge in [-0.2, -0.15) is 0 Å². The number of nitrogens with zero attached hydrogens (tertiary/aromatic N) is 1. The molecule has 1 aliphatic rings. The monoisotopic (exact) mass is 156 g/mol. The molecule has 1 heterocycles. The molecule has 1 rings (SSSR count). The van der Waals surface area contributed by atoms with Gasteiger partial charge in [0.1, 0.15) is 0 Å². The van der Waals surface area contributed by atoms with Gasteiger partial charge < -0.3 is 10.6 Å². The summed E-state index contributed by atoms with van der Waals surface area (Å²) in [6.07, 6.45) is 0.644. The van der Waals surface area contributed by atoms with E-state index in [1.54, 1.807) is 0 Å². The van der Waals surface area contributed by atoms with Crippen LogP contribution in [0, 0.1) is 5.92 Å². The Hall–Kier alpha value is -0.570. The number of amides is 1. The third kappa shape index (κ3) is 1.71. The minimum Gasteiger partial charge on any atom is -0.343 e. The van der Waals surface area contributed by atoms with Gasteiger partial charge >= 0.3 is 0 Å². The lowest BCUT2D eigenvalue weighted by Crippen LogP contribution is -2.30. The van der Waals surface area contributed by atoms with E-state index in [2.05, 4.69) is 0 Å². The first kappa shape index (κ1) is 8.53. The predicted molar refractivity (Wildman–Crippen MR) is 44.0 cm³/mol. The highest BCUT2D eigenvalue weighted by Crippen LogP contribution is 2.19. The topological polar surface area (TPSA) is 46.3 Å². The SMILES string of the molecule is CCN1CC(C(C)N)CC1=O. The molecule has 0 aromatic carbocycles. The summed E-state index contributed by atoms with van der Waals surface area (Å²) >= 11 is 0. The Labute approximate surface area is 67.5 Å². The van der Waals surface area contributed by atoms with E-state index in [1.165, 1.54) is 0 Å². The van der Waals surface area contributed by atoms with E-state index in [-0.39, 0.29) is 11.9 Å². The van der Waals surface area contributed by atoms with E-state index in [9.17, 15) is 4.79 Å². The molecule has 0 aromatic rings. The zero-order chi connectivity index (χ0) is 8.43. The number of hydrogen-bond acceptors (Lipinski definition) is 2. The summed E-state index contributed by atoms with van der Waals surface area (Å²) in [6.45, 7) is 5.65. The quantitative estimate of drug-likeness (QED) is 0.621. The van der Waals surface area contributed by atoms with Gasteiger partial charge in [0.2, 0.25) is 5.91 Å². The largest absolute Gasteiger partial charge is 0.343 e. The van der Waals surface area contributed by atoms with Crippen LogP contribution in [0.1, 0.15) is 20.3 Å². The molecule has 0 aliphatic carbocycles. The van der Waals surface area contributed by atoms with E-state index >= 15 is 0 Å². The first-order chi connectivity index (χ1) is 5.15. The third-order valence-electron chi connectivity index (χ3n) is 2.37. The van der Waals surface area contributed by atoms with Gasteiger partial charge in [-0.05, 0) is 13.8 Å². The second-order valence-corrected chi connectivity index (χ2v) is 3.26. The van der Waals surface area contributed by atoms with E-state index in [0.717, 1.165) is 13.1 Å². The Kier molecular flexibility index (Phi) is 2.49. The molecule has 1 aliphatic heterocycles. The molecule has 0 saturated carbocycles. The van der Waals surface area contributed by atoms with Crippen LogP contribution in [0.4, 0.5) is 0 Å². The van der Waals surface area contributed by atoms with Gasteiger partial charge in [-0.15, -0.1) is 0 Å². The predicted octanol–water partition coefficient (Wildman–Crippen LogP) is 0.202. The summed E-state index contributed by atoms with van der Waals surface area (Å²) in [5.41, 5.74) is 5.70. The molecule has 1 saturated heterocycles. The Morgan fingerprint density at radius 3 is 2.73 bits per heavy atom. The van der Waals surface area contributed by atoms with E-state index < -0.39 is 0 Å². The van der Waals surface area contributed by atoms with Gasteiger partial charge in [-0.25, -0.2) is 0 Å². The van der Waals surface area contributed by atoms with Crippen molar-refractivity contribution in [2.75, 3.05) is 13.1 Å². The second-order valence-electron chi connectivity index (χ2n) is 3.26. The lowest BCUT2D eigenvalue weighted by molar-refractivity contribution is -0.127. The number of likely N-dealkylation sites (tertiary alicyclic amines) is 1. The molecular weight excluding hydrogens is 140 g/mol. The van der Waals surface area contributed by atoms with E-state index in [4.69, 9.17) is 5.73 Å². The van der Waals surface area contributed by atoms with E-state index in [0.29, 0.717) is 12.3 Å². The average Bonchev–Trinajstić information content (AvgIpc) is 2.31. The Balaban J connectivity index is 2.49. The molecule has 3 nitrogen and oxygen atoms in total. The fourth-order valence-corrected chi connectivity index (χ4v) is 1.46. The van der Waals surface area contributed by atoms with Crippen LogP contribution in [0.3, 0.4) is 0 Å². The zero-order valence-electron chi connectivity index (χ0n) is 7.21. The summed E-state index contributed by atoms with van der Waals surface area (Å²) in [5, 5.41) is 0. The minimum atomic E-state index is 0.149. The van der Waals surface area contributed by atoms with Crippen molar-refractivity contribution < 1.29 is 4.79 Å². The Bertz CT molecular complexity index is 156. The van der Waals surface area contributed by atoms with Gasteiger partial charge in [0.05, 0.1) is 0 Å². The van der Waals surface area contributed by atoms with Crippen LogP contribution in [0.25, 0.3) is 0 Å². The van der Waals surface area contributed by atoms with Crippen LogP contribution in [0.5, 0.6) is 0 Å². The molecular formula is C8H16N2O. The standard InChI is InChI=1S/C8H16N2O/c1-3-10-5-7(6(2)9)4-8(10)11/h6-7H,3-5,9H2,1-2H3. The highest BCUT2D eigenvalue weighted by atomic mass is 16.2. The molecule has 1 amide bonds. The van der Waals surface area contributed by atoms with Gasteiger partial charge in [-0.3, -0.25) is 4.79 Å². The van der Waals surface area contributed by atoms with Crippen molar-refractivity contribution in [2.45, 2.75) is 26.3 Å². The lowest BCUT2D eigenvalue weighted by Gasteiger charge is -2.15. The van der Waals surface area contributed by atoms with Crippen molar-refractivity contribution in [2.24, 2.45) is 11.7 Å². The van der Waals surface area contributed by atoms with Crippen LogP contribution < -0.4 is 5.73 Å². The van der Waals surface area contributed by atoms with Crippen molar-refractivity contribution >= 4 is 5.91 Å². The maximum absolute atomic E-state index is 11.2. The normalized spacial score (nSPS) is 27.7. The fraction of sp³-hybridized carbons (Fsp3) is 0.875. The molecule has 0 bridgehead atoms. The maximum atomic E-state index is 11.2. The smallest absolute Gasteiger partial charge is 0.222 e. The molecule has 0 aromatic heterocycles. The fourth-order valence-electron chi connectivity index (χ4n) is 1.46. The average molecular weight is 156 g/mol. The Morgan fingerprint density at radius 1 is 1.82 bits per heavy atom. The molecule has 2 atom stereocenters. The third-order valence-corrected chi connectivity index (χ3v) is 2.37. The summed E-state index contributed by atoms with van der Waals surface area (Å²) < 4.78 is 0. The first-order valence-electron chi connectivity index (χ1n) is 4.18. The van der Waals surface area contributed by atoms with Gasteiger partial charge in [0.15, 0.2) is 0 Å². The van der Waals surface area contributed by atoms with Crippen molar-refractivity contribution in [1.29, 1.82) is 0 Å². The second kappa shape index (κ2) is 3.22. The highest BCUT2D eigenvalue weighted by molar-refractivity contribution is 5.78. The van der Waals surface area contributed by atoms with Crippen LogP contribution in [0.15, 0.2) is 0 Å². The lowest BCUT2D eigenvalue weighted by atomic mass is 10.0.